The third kappa shape index (κ3) is 1.66. The first-order valence-corrected chi connectivity index (χ1v) is 4.88. The van der Waals surface area contributed by atoms with Crippen LogP contribution in [0.15, 0.2) is 24.3 Å². The van der Waals surface area contributed by atoms with Gasteiger partial charge in [-0.2, -0.15) is 0 Å². The van der Waals surface area contributed by atoms with Crippen LogP contribution in [-0.4, -0.2) is 23.3 Å². The number of rotatable bonds is 2. The molecule has 0 spiro atoms. The Kier molecular flexibility index (Phi) is 2.54. The zero-order valence-corrected chi connectivity index (χ0v) is 8.03. The van der Waals surface area contributed by atoms with Crippen molar-refractivity contribution < 1.29 is 10.2 Å². The zero-order chi connectivity index (χ0) is 10.0. The molecular formula is C11H15NO2. The highest BCUT2D eigenvalue weighted by Crippen LogP contribution is 2.27. The fourth-order valence-corrected chi connectivity index (χ4v) is 1.88. The fourth-order valence-electron chi connectivity index (χ4n) is 1.88. The average Bonchev–Trinajstić information content (AvgIpc) is 2.67. The standard InChI is InChI=1S/C11H15NO2/c13-7-9-2-1-3-10(6-9)11(14)4-5-12-8-11/h1-3,6,12-14H,4-5,7-8H2. The number of hydrogen-bond acceptors (Lipinski definition) is 3. The summed E-state index contributed by atoms with van der Waals surface area (Å²) in [5, 5.41) is 22.4. The largest absolute Gasteiger partial charge is 0.392 e. The molecule has 1 aliphatic heterocycles. The second kappa shape index (κ2) is 3.69. The molecule has 0 saturated carbocycles. The van der Waals surface area contributed by atoms with Crippen LogP contribution >= 0.6 is 0 Å². The lowest BCUT2D eigenvalue weighted by Gasteiger charge is -2.22. The van der Waals surface area contributed by atoms with E-state index in [4.69, 9.17) is 5.11 Å². The second-order valence-electron chi connectivity index (χ2n) is 3.82. The third-order valence-electron chi connectivity index (χ3n) is 2.78. The number of hydrogen-bond donors (Lipinski definition) is 3. The summed E-state index contributed by atoms with van der Waals surface area (Å²) in [5.74, 6) is 0. The van der Waals surface area contributed by atoms with Crippen molar-refractivity contribution in [3.8, 4) is 0 Å². The first kappa shape index (κ1) is 9.65. The Labute approximate surface area is 83.4 Å². The van der Waals surface area contributed by atoms with Gasteiger partial charge in [0.05, 0.1) is 6.61 Å². The van der Waals surface area contributed by atoms with Gasteiger partial charge in [-0.1, -0.05) is 24.3 Å². The minimum absolute atomic E-state index is 0.0251. The highest BCUT2D eigenvalue weighted by atomic mass is 16.3. The molecule has 1 saturated heterocycles. The van der Waals surface area contributed by atoms with Crippen LogP contribution in [0.25, 0.3) is 0 Å². The van der Waals surface area contributed by atoms with E-state index in [-0.39, 0.29) is 6.61 Å². The Morgan fingerprint density at radius 2 is 2.29 bits per heavy atom. The number of nitrogens with one attached hydrogen (secondary N) is 1. The van der Waals surface area contributed by atoms with E-state index in [9.17, 15) is 5.11 Å². The van der Waals surface area contributed by atoms with Crippen molar-refractivity contribution in [3.63, 3.8) is 0 Å². The van der Waals surface area contributed by atoms with E-state index >= 15 is 0 Å². The quantitative estimate of drug-likeness (QED) is 0.635. The molecule has 76 valence electrons. The molecule has 3 nitrogen and oxygen atoms in total. The van der Waals surface area contributed by atoms with Crippen LogP contribution in [0.3, 0.4) is 0 Å². The molecule has 1 aromatic rings. The van der Waals surface area contributed by atoms with Gasteiger partial charge in [0.2, 0.25) is 0 Å². The third-order valence-corrected chi connectivity index (χ3v) is 2.78. The van der Waals surface area contributed by atoms with Gasteiger partial charge < -0.3 is 15.5 Å². The molecular weight excluding hydrogens is 178 g/mol. The van der Waals surface area contributed by atoms with E-state index in [0.717, 1.165) is 24.1 Å². The summed E-state index contributed by atoms with van der Waals surface area (Å²) in [7, 11) is 0. The van der Waals surface area contributed by atoms with Crippen molar-refractivity contribution in [2.24, 2.45) is 0 Å². The van der Waals surface area contributed by atoms with Gasteiger partial charge in [0.1, 0.15) is 5.60 Å². The van der Waals surface area contributed by atoms with E-state index in [2.05, 4.69) is 5.32 Å². The van der Waals surface area contributed by atoms with Crippen molar-refractivity contribution in [2.45, 2.75) is 18.6 Å². The Bertz CT molecular complexity index is 319. The van der Waals surface area contributed by atoms with E-state index in [1.807, 2.05) is 24.3 Å². The van der Waals surface area contributed by atoms with Crippen LogP contribution in [0.5, 0.6) is 0 Å². The van der Waals surface area contributed by atoms with Gasteiger partial charge in [0, 0.05) is 6.54 Å². The maximum absolute atomic E-state index is 10.2. The van der Waals surface area contributed by atoms with Crippen LogP contribution in [0.4, 0.5) is 0 Å². The Morgan fingerprint density at radius 3 is 2.93 bits per heavy atom. The summed E-state index contributed by atoms with van der Waals surface area (Å²) in [6, 6.07) is 7.51. The van der Waals surface area contributed by atoms with Crippen molar-refractivity contribution in [1.82, 2.24) is 5.32 Å². The normalized spacial score (nSPS) is 26.7. The van der Waals surface area contributed by atoms with Gasteiger partial charge in [-0.25, -0.2) is 0 Å². The SMILES string of the molecule is OCc1cccc(C2(O)CCNC2)c1. The first-order chi connectivity index (χ1) is 6.74. The molecule has 3 N–H and O–H groups in total. The summed E-state index contributed by atoms with van der Waals surface area (Å²) in [6.07, 6.45) is 0.738. The summed E-state index contributed by atoms with van der Waals surface area (Å²) in [6.45, 7) is 1.47. The molecule has 1 heterocycles. The molecule has 1 fully saturated rings. The zero-order valence-electron chi connectivity index (χ0n) is 8.03. The van der Waals surface area contributed by atoms with Gasteiger partial charge in [0.15, 0.2) is 0 Å². The van der Waals surface area contributed by atoms with Crippen molar-refractivity contribution in [2.75, 3.05) is 13.1 Å². The molecule has 0 aliphatic carbocycles. The Morgan fingerprint density at radius 1 is 1.43 bits per heavy atom. The summed E-state index contributed by atoms with van der Waals surface area (Å²) in [5.41, 5.74) is 1.00. The van der Waals surface area contributed by atoms with E-state index in [1.165, 1.54) is 0 Å². The van der Waals surface area contributed by atoms with Crippen molar-refractivity contribution in [1.29, 1.82) is 0 Å². The minimum Gasteiger partial charge on any atom is -0.392 e. The topological polar surface area (TPSA) is 52.5 Å². The van der Waals surface area contributed by atoms with Gasteiger partial charge in [-0.15, -0.1) is 0 Å². The molecule has 0 radical (unpaired) electrons. The lowest BCUT2D eigenvalue weighted by Crippen LogP contribution is -2.28. The number of benzene rings is 1. The molecule has 0 aromatic heterocycles. The number of β-amino-alcohol motifs (C(OH)–C–C–N with tert-alkyl or cyclic N) is 1. The van der Waals surface area contributed by atoms with Crippen LogP contribution in [-0.2, 0) is 12.2 Å². The lowest BCUT2D eigenvalue weighted by atomic mass is 9.92. The highest BCUT2D eigenvalue weighted by molar-refractivity contribution is 5.29. The van der Waals surface area contributed by atoms with Crippen LogP contribution in [0.1, 0.15) is 17.5 Å². The second-order valence-corrected chi connectivity index (χ2v) is 3.82. The lowest BCUT2D eigenvalue weighted by molar-refractivity contribution is 0.0586. The molecule has 2 rings (SSSR count). The predicted molar refractivity (Wildman–Crippen MR) is 53.7 cm³/mol. The summed E-state index contributed by atoms with van der Waals surface area (Å²) in [4.78, 5) is 0. The van der Waals surface area contributed by atoms with Crippen molar-refractivity contribution >= 4 is 0 Å². The minimum atomic E-state index is -0.745. The summed E-state index contributed by atoms with van der Waals surface area (Å²) >= 11 is 0. The Balaban J connectivity index is 2.30. The number of aliphatic hydroxyl groups excluding tert-OH is 1. The molecule has 1 aromatic carbocycles. The van der Waals surface area contributed by atoms with Crippen molar-refractivity contribution in [3.05, 3.63) is 35.4 Å². The average molecular weight is 193 g/mol. The van der Waals surface area contributed by atoms with Gasteiger partial charge >= 0.3 is 0 Å². The molecule has 1 atom stereocenters. The van der Waals surface area contributed by atoms with Gasteiger partial charge in [-0.05, 0) is 24.1 Å². The molecule has 1 aliphatic rings. The van der Waals surface area contributed by atoms with Crippen LogP contribution in [0, 0.1) is 0 Å². The van der Waals surface area contributed by atoms with Gasteiger partial charge in [0.25, 0.3) is 0 Å². The molecule has 0 bridgehead atoms. The fraction of sp³-hybridized carbons (Fsp3) is 0.455. The maximum atomic E-state index is 10.2. The van der Waals surface area contributed by atoms with Crippen LogP contribution in [0.2, 0.25) is 0 Å². The van der Waals surface area contributed by atoms with Gasteiger partial charge in [-0.3, -0.25) is 0 Å². The van der Waals surface area contributed by atoms with Crippen LogP contribution < -0.4 is 5.32 Å². The smallest absolute Gasteiger partial charge is 0.103 e. The number of aliphatic hydroxyl groups is 2. The van der Waals surface area contributed by atoms with E-state index in [0.29, 0.717) is 6.54 Å². The molecule has 3 heteroatoms. The monoisotopic (exact) mass is 193 g/mol. The highest BCUT2D eigenvalue weighted by Gasteiger charge is 2.32. The molecule has 1 unspecified atom stereocenters. The molecule has 14 heavy (non-hydrogen) atoms. The van der Waals surface area contributed by atoms with E-state index < -0.39 is 5.60 Å². The first-order valence-electron chi connectivity index (χ1n) is 4.88. The summed E-state index contributed by atoms with van der Waals surface area (Å²) < 4.78 is 0. The van der Waals surface area contributed by atoms with E-state index in [1.54, 1.807) is 0 Å². The Hall–Kier alpha value is -0.900. The maximum Gasteiger partial charge on any atom is 0.103 e. The molecule has 0 amide bonds. The predicted octanol–water partition coefficient (Wildman–Crippen LogP) is 0.360.